The van der Waals surface area contributed by atoms with Gasteiger partial charge in [0.05, 0.1) is 16.4 Å². The van der Waals surface area contributed by atoms with Gasteiger partial charge >= 0.3 is 0 Å². The van der Waals surface area contributed by atoms with Gasteiger partial charge in [-0.05, 0) is 18.6 Å². The number of rotatable bonds is 1. The number of nitrogens with zero attached hydrogens (tertiary/aromatic N) is 2. The quantitative estimate of drug-likeness (QED) is 0.592. The number of benzene rings is 1. The lowest BCUT2D eigenvalue weighted by atomic mass is 10.3. The number of para-hydroxylation sites is 1. The molecule has 3 rings (SSSR count). The zero-order chi connectivity index (χ0) is 9.54. The van der Waals surface area contributed by atoms with Gasteiger partial charge < -0.3 is 0 Å². The van der Waals surface area contributed by atoms with Gasteiger partial charge in [-0.25, -0.2) is 4.98 Å². The third kappa shape index (κ3) is 0.930. The summed E-state index contributed by atoms with van der Waals surface area (Å²) >= 11 is 1.75. The molecular weight excluding hydrogens is 192 g/mol. The predicted octanol–water partition coefficient (Wildman–Crippen LogP) is 3.11. The van der Waals surface area contributed by atoms with Gasteiger partial charge in [-0.2, -0.15) is 0 Å². The molecule has 70 valence electrons. The standard InChI is InChI=1S/C11H10N2S/c1-2-8-7-12-11-13(8)9-5-3-4-6-10(9)14-11/h3-7H,2H2,1H3. The molecule has 0 fully saturated rings. The average Bonchev–Trinajstić information content (AvgIpc) is 2.75. The molecule has 14 heavy (non-hydrogen) atoms. The van der Waals surface area contributed by atoms with E-state index >= 15 is 0 Å². The van der Waals surface area contributed by atoms with E-state index in [0.29, 0.717) is 0 Å². The van der Waals surface area contributed by atoms with Crippen molar-refractivity contribution in [3.63, 3.8) is 0 Å². The van der Waals surface area contributed by atoms with Crippen molar-refractivity contribution in [1.82, 2.24) is 9.38 Å². The van der Waals surface area contributed by atoms with Crippen LogP contribution in [-0.2, 0) is 6.42 Å². The van der Waals surface area contributed by atoms with Gasteiger partial charge in [0, 0.05) is 5.69 Å². The summed E-state index contributed by atoms with van der Waals surface area (Å²) in [5.41, 5.74) is 2.57. The van der Waals surface area contributed by atoms with Gasteiger partial charge in [0.25, 0.3) is 0 Å². The summed E-state index contributed by atoms with van der Waals surface area (Å²) in [4.78, 5) is 5.51. The number of hydrogen-bond donors (Lipinski definition) is 0. The molecule has 0 unspecified atom stereocenters. The molecule has 0 aliphatic carbocycles. The maximum Gasteiger partial charge on any atom is 0.194 e. The van der Waals surface area contributed by atoms with E-state index in [9.17, 15) is 0 Å². The second-order valence-electron chi connectivity index (χ2n) is 3.29. The topological polar surface area (TPSA) is 17.3 Å². The van der Waals surface area contributed by atoms with E-state index in [0.717, 1.165) is 11.4 Å². The minimum atomic E-state index is 1.03. The Balaban J connectivity index is 2.54. The normalized spacial score (nSPS) is 11.5. The molecule has 0 amide bonds. The summed E-state index contributed by atoms with van der Waals surface area (Å²) in [6.45, 7) is 2.16. The molecular formula is C11H10N2S. The first-order valence-corrected chi connectivity index (χ1v) is 5.55. The van der Waals surface area contributed by atoms with E-state index in [1.165, 1.54) is 15.9 Å². The maximum absolute atomic E-state index is 4.41. The van der Waals surface area contributed by atoms with E-state index in [4.69, 9.17) is 0 Å². The molecule has 0 spiro atoms. The molecule has 0 radical (unpaired) electrons. The monoisotopic (exact) mass is 202 g/mol. The molecule has 2 aromatic heterocycles. The van der Waals surface area contributed by atoms with Crippen LogP contribution in [-0.4, -0.2) is 9.38 Å². The van der Waals surface area contributed by atoms with Gasteiger partial charge in [0.2, 0.25) is 0 Å². The van der Waals surface area contributed by atoms with Gasteiger partial charge in [-0.3, -0.25) is 4.40 Å². The van der Waals surface area contributed by atoms with Gasteiger partial charge in [0.15, 0.2) is 4.96 Å². The molecule has 2 nitrogen and oxygen atoms in total. The highest BCUT2D eigenvalue weighted by molar-refractivity contribution is 7.23. The Kier molecular flexibility index (Phi) is 1.61. The second-order valence-corrected chi connectivity index (χ2v) is 4.30. The van der Waals surface area contributed by atoms with Crippen LogP contribution in [0, 0.1) is 0 Å². The van der Waals surface area contributed by atoms with Gasteiger partial charge in [0.1, 0.15) is 0 Å². The summed E-state index contributed by atoms with van der Waals surface area (Å²) < 4.78 is 3.56. The average molecular weight is 202 g/mol. The Hall–Kier alpha value is -1.35. The van der Waals surface area contributed by atoms with Crippen molar-refractivity contribution in [2.45, 2.75) is 13.3 Å². The van der Waals surface area contributed by atoms with Gasteiger partial charge in [-0.15, -0.1) is 0 Å². The molecule has 0 aliphatic rings. The molecule has 0 N–H and O–H groups in total. The van der Waals surface area contributed by atoms with E-state index in [-0.39, 0.29) is 0 Å². The van der Waals surface area contributed by atoms with Crippen LogP contribution in [0.3, 0.4) is 0 Å². The van der Waals surface area contributed by atoms with Crippen LogP contribution in [0.5, 0.6) is 0 Å². The smallest absolute Gasteiger partial charge is 0.194 e. The summed E-state index contributed by atoms with van der Waals surface area (Å²) in [6, 6.07) is 8.45. The van der Waals surface area contributed by atoms with Crippen molar-refractivity contribution < 1.29 is 0 Å². The molecule has 0 saturated heterocycles. The third-order valence-electron chi connectivity index (χ3n) is 2.47. The number of hydrogen-bond acceptors (Lipinski definition) is 2. The van der Waals surface area contributed by atoms with Crippen molar-refractivity contribution in [3.05, 3.63) is 36.2 Å². The first-order chi connectivity index (χ1) is 6.90. The Labute approximate surface area is 85.8 Å². The highest BCUT2D eigenvalue weighted by atomic mass is 32.1. The summed E-state index contributed by atoms with van der Waals surface area (Å²) in [5.74, 6) is 0. The molecule has 3 heteroatoms. The van der Waals surface area contributed by atoms with Crippen molar-refractivity contribution in [1.29, 1.82) is 0 Å². The fraction of sp³-hybridized carbons (Fsp3) is 0.182. The van der Waals surface area contributed by atoms with Crippen LogP contribution >= 0.6 is 11.3 Å². The molecule has 1 aromatic carbocycles. The SMILES string of the molecule is CCc1cnc2sc3ccccc3n12. The first kappa shape index (κ1) is 8.00. The fourth-order valence-corrected chi connectivity index (χ4v) is 2.79. The van der Waals surface area contributed by atoms with Crippen LogP contribution in [0.15, 0.2) is 30.5 Å². The largest absolute Gasteiger partial charge is 0.287 e. The van der Waals surface area contributed by atoms with Crippen LogP contribution in [0.1, 0.15) is 12.6 Å². The lowest BCUT2D eigenvalue weighted by Gasteiger charge is -1.94. The number of aryl methyl sites for hydroxylation is 1. The Morgan fingerprint density at radius 1 is 1.36 bits per heavy atom. The molecule has 0 bridgehead atoms. The van der Waals surface area contributed by atoms with Gasteiger partial charge in [-0.1, -0.05) is 30.4 Å². The molecule has 0 saturated carbocycles. The van der Waals surface area contributed by atoms with Crippen molar-refractivity contribution in [3.8, 4) is 0 Å². The molecule has 2 heterocycles. The van der Waals surface area contributed by atoms with Crippen molar-refractivity contribution >= 4 is 26.5 Å². The van der Waals surface area contributed by atoms with Crippen LogP contribution in [0.2, 0.25) is 0 Å². The van der Waals surface area contributed by atoms with E-state index in [1.807, 2.05) is 6.20 Å². The van der Waals surface area contributed by atoms with Crippen LogP contribution in [0.25, 0.3) is 15.2 Å². The minimum absolute atomic E-state index is 1.03. The lowest BCUT2D eigenvalue weighted by molar-refractivity contribution is 1.03. The third-order valence-corrected chi connectivity index (χ3v) is 3.51. The highest BCUT2D eigenvalue weighted by Crippen LogP contribution is 2.26. The zero-order valence-corrected chi connectivity index (χ0v) is 8.71. The minimum Gasteiger partial charge on any atom is -0.287 e. The lowest BCUT2D eigenvalue weighted by Crippen LogP contribution is -1.87. The van der Waals surface area contributed by atoms with E-state index < -0.39 is 0 Å². The van der Waals surface area contributed by atoms with Crippen molar-refractivity contribution in [2.24, 2.45) is 0 Å². The number of aromatic nitrogens is 2. The fourth-order valence-electron chi connectivity index (χ4n) is 1.77. The van der Waals surface area contributed by atoms with E-state index in [1.54, 1.807) is 11.3 Å². The predicted molar refractivity (Wildman–Crippen MR) is 60.0 cm³/mol. The molecule has 0 aliphatic heterocycles. The summed E-state index contributed by atoms with van der Waals surface area (Å²) in [7, 11) is 0. The molecule has 0 atom stereocenters. The molecule has 3 aromatic rings. The maximum atomic E-state index is 4.41. The Morgan fingerprint density at radius 2 is 2.21 bits per heavy atom. The Bertz CT molecular complexity index is 591. The summed E-state index contributed by atoms with van der Waals surface area (Å²) in [5, 5.41) is 0. The number of imidazole rings is 1. The Morgan fingerprint density at radius 3 is 3.07 bits per heavy atom. The number of thiazole rings is 1. The first-order valence-electron chi connectivity index (χ1n) is 4.74. The van der Waals surface area contributed by atoms with Crippen LogP contribution < -0.4 is 0 Å². The number of fused-ring (bicyclic) bond motifs is 3. The van der Waals surface area contributed by atoms with Crippen molar-refractivity contribution in [2.75, 3.05) is 0 Å². The zero-order valence-electron chi connectivity index (χ0n) is 7.90. The summed E-state index contributed by atoms with van der Waals surface area (Å²) in [6.07, 6.45) is 3.00. The van der Waals surface area contributed by atoms with Crippen LogP contribution in [0.4, 0.5) is 0 Å². The van der Waals surface area contributed by atoms with E-state index in [2.05, 4.69) is 40.6 Å². The second kappa shape index (κ2) is 2.82. The highest BCUT2D eigenvalue weighted by Gasteiger charge is 2.07.